The maximum absolute atomic E-state index is 9.12. The van der Waals surface area contributed by atoms with Gasteiger partial charge in [-0.3, -0.25) is 0 Å². The number of aliphatic hydroxyl groups is 1. The lowest BCUT2D eigenvalue weighted by atomic mass is 9.81. The molecule has 4 rings (SSSR count). The molecule has 0 amide bonds. The van der Waals surface area contributed by atoms with Crippen molar-refractivity contribution in [3.63, 3.8) is 0 Å². The van der Waals surface area contributed by atoms with Gasteiger partial charge in [-0.25, -0.2) is 0 Å². The van der Waals surface area contributed by atoms with Crippen molar-refractivity contribution in [2.24, 2.45) is 0 Å². The van der Waals surface area contributed by atoms with E-state index >= 15 is 0 Å². The van der Waals surface area contributed by atoms with Crippen LogP contribution in [0.1, 0.15) is 51.3 Å². The van der Waals surface area contributed by atoms with Crippen LogP contribution in [-0.4, -0.2) is 17.4 Å². The van der Waals surface area contributed by atoms with Crippen LogP contribution in [0, 0.1) is 0 Å². The second-order valence-corrected chi connectivity index (χ2v) is 8.32. The number of hydrogen-bond acceptors (Lipinski definition) is 4. The summed E-state index contributed by atoms with van der Waals surface area (Å²) in [6.07, 6.45) is 2.94. The van der Waals surface area contributed by atoms with E-state index in [1.807, 2.05) is 25.1 Å². The Kier molecular flexibility index (Phi) is 4.47. The average molecular weight is 377 g/mol. The van der Waals surface area contributed by atoms with E-state index in [1.54, 1.807) is 0 Å². The van der Waals surface area contributed by atoms with Gasteiger partial charge in [0, 0.05) is 28.8 Å². The molecule has 0 aromatic heterocycles. The standard InChI is InChI=1S/C24H27NO3/c1-14(2)10-21-23-17(18-11-16(27-13-26)6-9-20(18)28-21)7-8-19-22(23)15(3)12-24(4,5)25-19/h6-9,11-12,21,25-26H,1,10,13H2,2-5H3. The summed E-state index contributed by atoms with van der Waals surface area (Å²) >= 11 is 0. The molecule has 0 aliphatic carbocycles. The molecule has 2 N–H and O–H groups in total. The molecule has 1 atom stereocenters. The number of ether oxygens (including phenoxy) is 2. The first kappa shape index (κ1) is 18.6. The third-order valence-electron chi connectivity index (χ3n) is 5.27. The van der Waals surface area contributed by atoms with Crippen molar-refractivity contribution >= 4 is 11.3 Å². The molecule has 0 saturated heterocycles. The summed E-state index contributed by atoms with van der Waals surface area (Å²) in [4.78, 5) is 0. The fourth-order valence-electron chi connectivity index (χ4n) is 4.37. The van der Waals surface area contributed by atoms with Crippen molar-refractivity contribution in [3.8, 4) is 22.6 Å². The number of allylic oxidation sites excluding steroid dienone is 1. The number of fused-ring (bicyclic) bond motifs is 5. The Morgan fingerprint density at radius 2 is 2.04 bits per heavy atom. The SMILES string of the molecule is C=C(C)CC1Oc2ccc(OCO)cc2-c2ccc3c(c21)C(C)=CC(C)(C)N3. The Bertz CT molecular complexity index is 988. The maximum Gasteiger partial charge on any atom is 0.186 e. The summed E-state index contributed by atoms with van der Waals surface area (Å²) in [5.74, 6) is 1.45. The number of aliphatic hydroxyl groups excluding tert-OH is 1. The molecule has 2 heterocycles. The average Bonchev–Trinajstić information content (AvgIpc) is 2.60. The van der Waals surface area contributed by atoms with Gasteiger partial charge in [-0.1, -0.05) is 24.3 Å². The smallest absolute Gasteiger partial charge is 0.186 e. The predicted molar refractivity (Wildman–Crippen MR) is 114 cm³/mol. The molecule has 28 heavy (non-hydrogen) atoms. The summed E-state index contributed by atoms with van der Waals surface area (Å²) in [6, 6.07) is 9.99. The Labute approximate surface area is 166 Å². The van der Waals surface area contributed by atoms with Crippen LogP contribution in [-0.2, 0) is 0 Å². The van der Waals surface area contributed by atoms with Gasteiger partial charge in [0.25, 0.3) is 0 Å². The molecular formula is C24H27NO3. The molecule has 2 aliphatic rings. The molecule has 0 saturated carbocycles. The largest absolute Gasteiger partial charge is 0.485 e. The maximum atomic E-state index is 9.12. The number of anilines is 1. The molecule has 4 heteroatoms. The minimum absolute atomic E-state index is 0.0917. The van der Waals surface area contributed by atoms with Crippen LogP contribution in [0.2, 0.25) is 0 Å². The minimum Gasteiger partial charge on any atom is -0.485 e. The Morgan fingerprint density at radius 1 is 1.25 bits per heavy atom. The molecule has 0 radical (unpaired) electrons. The van der Waals surface area contributed by atoms with Gasteiger partial charge >= 0.3 is 0 Å². The fraction of sp³-hybridized carbons (Fsp3) is 0.333. The number of rotatable bonds is 4. The van der Waals surface area contributed by atoms with Crippen LogP contribution < -0.4 is 14.8 Å². The lowest BCUT2D eigenvalue weighted by Gasteiger charge is -2.37. The number of nitrogens with one attached hydrogen (secondary N) is 1. The first-order chi connectivity index (χ1) is 13.3. The Balaban J connectivity index is 1.95. The zero-order valence-corrected chi connectivity index (χ0v) is 16.9. The van der Waals surface area contributed by atoms with Crippen molar-refractivity contribution in [1.82, 2.24) is 0 Å². The molecule has 1 unspecified atom stereocenters. The minimum atomic E-state index is -0.351. The Morgan fingerprint density at radius 3 is 2.75 bits per heavy atom. The fourth-order valence-corrected chi connectivity index (χ4v) is 4.37. The van der Waals surface area contributed by atoms with Gasteiger partial charge in [-0.05, 0) is 63.1 Å². The third-order valence-corrected chi connectivity index (χ3v) is 5.27. The summed E-state index contributed by atoms with van der Waals surface area (Å²) in [7, 11) is 0. The third kappa shape index (κ3) is 3.18. The molecular weight excluding hydrogens is 350 g/mol. The summed E-state index contributed by atoms with van der Waals surface area (Å²) in [6.45, 7) is 12.3. The van der Waals surface area contributed by atoms with E-state index in [-0.39, 0.29) is 18.4 Å². The highest BCUT2D eigenvalue weighted by molar-refractivity contribution is 5.90. The van der Waals surface area contributed by atoms with E-state index < -0.39 is 0 Å². The second-order valence-electron chi connectivity index (χ2n) is 8.32. The molecule has 0 bridgehead atoms. The van der Waals surface area contributed by atoms with Crippen LogP contribution in [0.25, 0.3) is 16.7 Å². The molecule has 2 aromatic carbocycles. The van der Waals surface area contributed by atoms with Gasteiger partial charge in [-0.2, -0.15) is 0 Å². The normalized spacial score (nSPS) is 18.6. The predicted octanol–water partition coefficient (Wildman–Crippen LogP) is 5.69. The molecule has 2 aromatic rings. The lowest BCUT2D eigenvalue weighted by Crippen LogP contribution is -2.32. The van der Waals surface area contributed by atoms with E-state index in [2.05, 4.69) is 50.9 Å². The van der Waals surface area contributed by atoms with Crippen molar-refractivity contribution in [1.29, 1.82) is 0 Å². The highest BCUT2D eigenvalue weighted by Gasteiger charge is 2.33. The summed E-state index contributed by atoms with van der Waals surface area (Å²) in [5, 5.41) is 12.8. The van der Waals surface area contributed by atoms with Gasteiger partial charge < -0.3 is 19.9 Å². The van der Waals surface area contributed by atoms with Gasteiger partial charge in [0.1, 0.15) is 17.6 Å². The highest BCUT2D eigenvalue weighted by atomic mass is 16.6. The van der Waals surface area contributed by atoms with Crippen LogP contribution in [0.15, 0.2) is 48.6 Å². The van der Waals surface area contributed by atoms with E-state index in [9.17, 15) is 0 Å². The highest BCUT2D eigenvalue weighted by Crippen LogP contribution is 2.51. The number of benzene rings is 2. The molecule has 4 nitrogen and oxygen atoms in total. The topological polar surface area (TPSA) is 50.7 Å². The van der Waals surface area contributed by atoms with Gasteiger partial charge in [0.05, 0.1) is 5.54 Å². The van der Waals surface area contributed by atoms with Crippen molar-refractivity contribution < 1.29 is 14.6 Å². The molecule has 0 spiro atoms. The van der Waals surface area contributed by atoms with E-state index in [4.69, 9.17) is 14.6 Å². The Hall–Kier alpha value is -2.72. The van der Waals surface area contributed by atoms with Gasteiger partial charge in [0.2, 0.25) is 0 Å². The first-order valence-electron chi connectivity index (χ1n) is 9.63. The van der Waals surface area contributed by atoms with E-state index in [0.717, 1.165) is 34.6 Å². The summed E-state index contributed by atoms with van der Waals surface area (Å²) < 4.78 is 11.7. The van der Waals surface area contributed by atoms with Crippen molar-refractivity contribution in [2.45, 2.75) is 45.8 Å². The van der Waals surface area contributed by atoms with Crippen LogP contribution in [0.4, 0.5) is 5.69 Å². The number of hydrogen-bond donors (Lipinski definition) is 2. The molecule has 2 aliphatic heterocycles. The molecule has 0 fully saturated rings. The van der Waals surface area contributed by atoms with Crippen LogP contribution in [0.3, 0.4) is 0 Å². The van der Waals surface area contributed by atoms with E-state index in [0.29, 0.717) is 5.75 Å². The monoisotopic (exact) mass is 377 g/mol. The van der Waals surface area contributed by atoms with Crippen LogP contribution in [0.5, 0.6) is 11.5 Å². The zero-order chi connectivity index (χ0) is 20.1. The van der Waals surface area contributed by atoms with E-state index in [1.165, 1.54) is 16.7 Å². The van der Waals surface area contributed by atoms with Gasteiger partial charge in [-0.15, -0.1) is 0 Å². The zero-order valence-electron chi connectivity index (χ0n) is 16.9. The van der Waals surface area contributed by atoms with Crippen molar-refractivity contribution in [3.05, 3.63) is 59.7 Å². The van der Waals surface area contributed by atoms with Crippen LogP contribution >= 0.6 is 0 Å². The quantitative estimate of drug-likeness (QED) is 0.531. The van der Waals surface area contributed by atoms with Gasteiger partial charge in [0.15, 0.2) is 6.79 Å². The van der Waals surface area contributed by atoms with Crippen molar-refractivity contribution in [2.75, 3.05) is 12.1 Å². The first-order valence-corrected chi connectivity index (χ1v) is 9.63. The molecule has 146 valence electrons. The lowest BCUT2D eigenvalue weighted by molar-refractivity contribution is 0.0984. The second kappa shape index (κ2) is 6.71. The summed E-state index contributed by atoms with van der Waals surface area (Å²) in [5.41, 5.74) is 7.90.